The van der Waals surface area contributed by atoms with Gasteiger partial charge in [0.2, 0.25) is 0 Å². The minimum absolute atomic E-state index is 0.209. The van der Waals surface area contributed by atoms with Crippen LogP contribution < -0.4 is 0 Å². The fraction of sp³-hybridized carbons (Fsp3) is 0.444. The molecule has 6 nitrogen and oxygen atoms in total. The number of hydrogen-bond acceptors (Lipinski definition) is 5. The van der Waals surface area contributed by atoms with Crippen LogP contribution in [-0.2, 0) is 18.2 Å². The number of morpholine rings is 1. The van der Waals surface area contributed by atoms with Gasteiger partial charge in [0.15, 0.2) is 0 Å². The number of halogens is 2. The van der Waals surface area contributed by atoms with E-state index in [0.717, 1.165) is 12.2 Å². The maximum Gasteiger partial charge on any atom is 0.282 e. The summed E-state index contributed by atoms with van der Waals surface area (Å²) in [7, 11) is 1.60. The molecule has 144 valence electrons. The van der Waals surface area contributed by atoms with Gasteiger partial charge in [-0.25, -0.2) is 8.78 Å². The Hall–Kier alpha value is -2.26. The Balaban J connectivity index is 1.67. The summed E-state index contributed by atoms with van der Waals surface area (Å²) < 4.78 is 39.2. The predicted molar refractivity (Wildman–Crippen MR) is 96.2 cm³/mol. The second kappa shape index (κ2) is 7.05. The summed E-state index contributed by atoms with van der Waals surface area (Å²) in [5.41, 5.74) is -0.292. The monoisotopic (exact) mass is 395 g/mol. The quantitative estimate of drug-likeness (QED) is 0.671. The van der Waals surface area contributed by atoms with Gasteiger partial charge in [-0.1, -0.05) is 6.92 Å². The molecule has 0 radical (unpaired) electrons. The van der Waals surface area contributed by atoms with Crippen LogP contribution in [0.1, 0.15) is 46.3 Å². The molecule has 1 aliphatic heterocycles. The zero-order valence-electron chi connectivity index (χ0n) is 14.9. The topological polar surface area (TPSA) is 60.5 Å². The van der Waals surface area contributed by atoms with Gasteiger partial charge < -0.3 is 14.1 Å². The van der Waals surface area contributed by atoms with Crippen LogP contribution in [0.15, 0.2) is 22.6 Å². The Morgan fingerprint density at radius 2 is 2.26 bits per heavy atom. The van der Waals surface area contributed by atoms with Gasteiger partial charge in [-0.3, -0.25) is 9.48 Å². The summed E-state index contributed by atoms with van der Waals surface area (Å²) in [6.07, 6.45) is -1.92. The highest BCUT2D eigenvalue weighted by Crippen LogP contribution is 2.35. The second-order valence-electron chi connectivity index (χ2n) is 6.39. The fourth-order valence-corrected chi connectivity index (χ4v) is 4.36. The molecule has 1 aliphatic rings. The van der Waals surface area contributed by atoms with Crippen molar-refractivity contribution in [3.63, 3.8) is 0 Å². The van der Waals surface area contributed by atoms with E-state index in [4.69, 9.17) is 9.15 Å². The van der Waals surface area contributed by atoms with Crippen LogP contribution in [0.4, 0.5) is 8.78 Å². The molecule has 0 saturated carbocycles. The average Bonchev–Trinajstić information content (AvgIpc) is 3.37. The number of hydrogen-bond donors (Lipinski definition) is 0. The predicted octanol–water partition coefficient (Wildman–Crippen LogP) is 3.94. The number of ether oxygens (including phenoxy) is 1. The zero-order valence-corrected chi connectivity index (χ0v) is 15.8. The normalized spacial score (nSPS) is 18.0. The van der Waals surface area contributed by atoms with Crippen molar-refractivity contribution in [1.29, 1.82) is 0 Å². The van der Waals surface area contributed by atoms with Crippen molar-refractivity contribution in [2.75, 3.05) is 19.8 Å². The van der Waals surface area contributed by atoms with Gasteiger partial charge >= 0.3 is 0 Å². The largest absolute Gasteiger partial charge is 0.464 e. The van der Waals surface area contributed by atoms with E-state index in [1.54, 1.807) is 11.9 Å². The SMILES string of the molecule is CCc1ccc(C2COCCN2C(=O)c2cc3c(C(F)F)nn(C)c3s2)o1. The smallest absolute Gasteiger partial charge is 0.282 e. The van der Waals surface area contributed by atoms with E-state index in [1.165, 1.54) is 22.1 Å². The summed E-state index contributed by atoms with van der Waals surface area (Å²) in [5, 5.41) is 4.18. The first-order chi connectivity index (χ1) is 13.0. The summed E-state index contributed by atoms with van der Waals surface area (Å²) in [6, 6.07) is 4.95. The Labute approximate surface area is 158 Å². The minimum atomic E-state index is -2.68. The molecule has 27 heavy (non-hydrogen) atoms. The molecule has 1 amide bonds. The number of aromatic nitrogens is 2. The van der Waals surface area contributed by atoms with Crippen molar-refractivity contribution in [3.05, 3.63) is 40.3 Å². The maximum atomic E-state index is 13.2. The van der Waals surface area contributed by atoms with E-state index in [0.29, 0.717) is 40.6 Å². The molecule has 4 heterocycles. The van der Waals surface area contributed by atoms with Crippen LogP contribution >= 0.6 is 11.3 Å². The van der Waals surface area contributed by atoms with Crippen molar-refractivity contribution in [1.82, 2.24) is 14.7 Å². The van der Waals surface area contributed by atoms with Gasteiger partial charge in [0.25, 0.3) is 12.3 Å². The summed E-state index contributed by atoms with van der Waals surface area (Å²) >= 11 is 1.18. The lowest BCUT2D eigenvalue weighted by molar-refractivity contribution is -0.00875. The number of carbonyl (C=O) groups excluding carboxylic acids is 1. The van der Waals surface area contributed by atoms with Crippen LogP contribution in [0.25, 0.3) is 10.2 Å². The van der Waals surface area contributed by atoms with Gasteiger partial charge in [-0.2, -0.15) is 5.10 Å². The highest BCUT2D eigenvalue weighted by Gasteiger charge is 2.33. The lowest BCUT2D eigenvalue weighted by Gasteiger charge is -2.34. The van der Waals surface area contributed by atoms with Crippen molar-refractivity contribution in [2.24, 2.45) is 7.05 Å². The number of thiophene rings is 1. The first-order valence-corrected chi connectivity index (χ1v) is 9.53. The third-order valence-electron chi connectivity index (χ3n) is 4.71. The molecule has 0 spiro atoms. The lowest BCUT2D eigenvalue weighted by Crippen LogP contribution is -2.43. The number of rotatable bonds is 4. The van der Waals surface area contributed by atoms with Crippen molar-refractivity contribution in [2.45, 2.75) is 25.8 Å². The molecule has 9 heteroatoms. The van der Waals surface area contributed by atoms with Crippen LogP contribution in [0, 0.1) is 0 Å². The highest BCUT2D eigenvalue weighted by molar-refractivity contribution is 7.20. The van der Waals surface area contributed by atoms with Gasteiger partial charge in [0.05, 0.1) is 18.1 Å². The van der Waals surface area contributed by atoms with Gasteiger partial charge in [-0.15, -0.1) is 11.3 Å². The number of nitrogens with zero attached hydrogens (tertiary/aromatic N) is 3. The Morgan fingerprint density at radius 3 is 2.96 bits per heavy atom. The molecule has 0 bridgehead atoms. The first-order valence-electron chi connectivity index (χ1n) is 8.71. The Bertz CT molecular complexity index is 978. The van der Waals surface area contributed by atoms with E-state index >= 15 is 0 Å². The number of carbonyl (C=O) groups is 1. The molecule has 3 aromatic heterocycles. The van der Waals surface area contributed by atoms with Gasteiger partial charge in [0, 0.05) is 25.4 Å². The van der Waals surface area contributed by atoms with E-state index in [9.17, 15) is 13.6 Å². The van der Waals surface area contributed by atoms with Crippen LogP contribution in [0.3, 0.4) is 0 Å². The number of furan rings is 1. The zero-order chi connectivity index (χ0) is 19.1. The molecule has 0 N–H and O–H groups in total. The summed E-state index contributed by atoms with van der Waals surface area (Å²) in [6.45, 7) is 3.18. The molecular weight excluding hydrogens is 376 g/mol. The third kappa shape index (κ3) is 3.14. The lowest BCUT2D eigenvalue weighted by atomic mass is 10.1. The maximum absolute atomic E-state index is 13.2. The number of amides is 1. The molecular formula is C18H19F2N3O3S. The Kier molecular flexibility index (Phi) is 4.73. The van der Waals surface area contributed by atoms with E-state index in [1.807, 2.05) is 19.1 Å². The fourth-order valence-electron chi connectivity index (χ4n) is 3.32. The molecule has 1 saturated heterocycles. The summed E-state index contributed by atoms with van der Waals surface area (Å²) in [4.78, 5) is 15.8. The van der Waals surface area contributed by atoms with Crippen molar-refractivity contribution >= 4 is 27.5 Å². The van der Waals surface area contributed by atoms with E-state index < -0.39 is 6.43 Å². The minimum Gasteiger partial charge on any atom is -0.464 e. The van der Waals surface area contributed by atoms with Crippen LogP contribution in [-0.4, -0.2) is 40.3 Å². The van der Waals surface area contributed by atoms with Crippen LogP contribution in [0.5, 0.6) is 0 Å². The van der Waals surface area contributed by atoms with Gasteiger partial charge in [-0.05, 0) is 18.2 Å². The molecule has 1 atom stereocenters. The number of fused-ring (bicyclic) bond motifs is 1. The third-order valence-corrected chi connectivity index (χ3v) is 5.90. The second-order valence-corrected chi connectivity index (χ2v) is 7.42. The number of alkyl halides is 2. The standard InChI is InChI=1S/C18H19F2N3O3S/c1-3-10-4-5-13(26-10)12-9-25-7-6-23(12)17(24)14-8-11-15(16(19)20)21-22(2)18(11)27-14/h4-5,8,12,16H,3,6-7,9H2,1-2H3. The molecule has 4 rings (SSSR count). The summed E-state index contributed by atoms with van der Waals surface area (Å²) in [5.74, 6) is 1.31. The molecule has 1 fully saturated rings. The van der Waals surface area contributed by atoms with Crippen molar-refractivity contribution in [3.8, 4) is 0 Å². The Morgan fingerprint density at radius 1 is 1.44 bits per heavy atom. The van der Waals surface area contributed by atoms with Gasteiger partial charge in [0.1, 0.15) is 28.1 Å². The van der Waals surface area contributed by atoms with Crippen LogP contribution in [0.2, 0.25) is 0 Å². The molecule has 1 unspecified atom stereocenters. The van der Waals surface area contributed by atoms with Crippen molar-refractivity contribution < 1.29 is 22.7 Å². The average molecular weight is 395 g/mol. The highest BCUT2D eigenvalue weighted by atomic mass is 32.1. The number of aryl methyl sites for hydroxylation is 2. The van der Waals surface area contributed by atoms with E-state index in [2.05, 4.69) is 5.10 Å². The molecule has 0 aromatic carbocycles. The molecule has 0 aliphatic carbocycles. The first kappa shape index (κ1) is 18.1. The van der Waals surface area contributed by atoms with E-state index in [-0.39, 0.29) is 17.6 Å². The molecule has 3 aromatic rings.